The molecule has 0 aliphatic heterocycles. The Morgan fingerprint density at radius 1 is 1.19 bits per heavy atom. The van der Waals surface area contributed by atoms with Crippen LogP contribution in [0.15, 0.2) is 51.8 Å². The van der Waals surface area contributed by atoms with Crippen molar-refractivity contribution in [3.05, 3.63) is 47.3 Å². The number of carbonyl (C=O) groups excluding carboxylic acids is 1. The van der Waals surface area contributed by atoms with Crippen LogP contribution in [-0.2, 0) is 16.4 Å². The van der Waals surface area contributed by atoms with Gasteiger partial charge < -0.3 is 4.57 Å². The Morgan fingerprint density at radius 3 is 2.50 bits per heavy atom. The van der Waals surface area contributed by atoms with E-state index in [1.54, 1.807) is 23.5 Å². The predicted octanol–water partition coefficient (Wildman–Crippen LogP) is 3.41. The Kier molecular flexibility index (Phi) is 5.59. The summed E-state index contributed by atoms with van der Waals surface area (Å²) in [5.74, 6) is 0.925. The van der Waals surface area contributed by atoms with Crippen molar-refractivity contribution in [3.63, 3.8) is 0 Å². The molecule has 0 fully saturated rings. The number of benzene rings is 1. The van der Waals surface area contributed by atoms with Gasteiger partial charge in [0.1, 0.15) is 0 Å². The number of nitrogens with zero attached hydrogens (tertiary/aromatic N) is 3. The van der Waals surface area contributed by atoms with E-state index in [9.17, 15) is 13.2 Å². The Hall–Kier alpha value is -1.97. The van der Waals surface area contributed by atoms with Gasteiger partial charge in [-0.05, 0) is 30.5 Å². The summed E-state index contributed by atoms with van der Waals surface area (Å²) in [5, 5.41) is 11.1. The first kappa shape index (κ1) is 18.8. The standard InChI is InChI=1S/C17H17N3O3S3/c1-3-20-16(15-5-4-10-24-15)18-19-17(20)25-11-14(21)12-6-8-13(9-7-12)26(2,22)23/h4-10H,3,11H2,1-2H3. The van der Waals surface area contributed by atoms with Crippen molar-refractivity contribution < 1.29 is 13.2 Å². The Balaban J connectivity index is 1.72. The van der Waals surface area contributed by atoms with E-state index >= 15 is 0 Å². The fourth-order valence-electron chi connectivity index (χ4n) is 2.37. The van der Waals surface area contributed by atoms with Crippen LogP contribution in [0.1, 0.15) is 17.3 Å². The van der Waals surface area contributed by atoms with Crippen molar-refractivity contribution in [1.82, 2.24) is 14.8 Å². The summed E-state index contributed by atoms with van der Waals surface area (Å²) in [6, 6.07) is 9.95. The third-order valence-electron chi connectivity index (χ3n) is 3.71. The molecule has 0 amide bonds. The van der Waals surface area contributed by atoms with Crippen LogP contribution in [0.4, 0.5) is 0 Å². The van der Waals surface area contributed by atoms with E-state index in [0.29, 0.717) is 17.3 Å². The number of aromatic nitrogens is 3. The summed E-state index contributed by atoms with van der Waals surface area (Å²) in [4.78, 5) is 13.6. The zero-order chi connectivity index (χ0) is 18.7. The van der Waals surface area contributed by atoms with Crippen LogP contribution in [0.5, 0.6) is 0 Å². The first-order chi connectivity index (χ1) is 12.4. The molecule has 0 N–H and O–H groups in total. The summed E-state index contributed by atoms with van der Waals surface area (Å²) in [5.41, 5.74) is 0.478. The lowest BCUT2D eigenvalue weighted by atomic mass is 10.1. The molecule has 0 aliphatic carbocycles. The third kappa shape index (κ3) is 4.05. The molecule has 0 unspecified atom stereocenters. The van der Waals surface area contributed by atoms with Crippen LogP contribution < -0.4 is 0 Å². The number of rotatable bonds is 7. The van der Waals surface area contributed by atoms with Crippen molar-refractivity contribution >= 4 is 38.7 Å². The molecule has 136 valence electrons. The molecule has 0 aliphatic rings. The van der Waals surface area contributed by atoms with Crippen molar-refractivity contribution in [2.75, 3.05) is 12.0 Å². The smallest absolute Gasteiger partial charge is 0.191 e. The topological polar surface area (TPSA) is 81.9 Å². The molecule has 0 saturated heterocycles. The van der Waals surface area contributed by atoms with Gasteiger partial charge in [-0.2, -0.15) is 0 Å². The number of hydrogen-bond donors (Lipinski definition) is 0. The lowest BCUT2D eigenvalue weighted by Gasteiger charge is -2.06. The number of thiophene rings is 1. The molecule has 0 radical (unpaired) electrons. The predicted molar refractivity (Wildman–Crippen MR) is 104 cm³/mol. The average Bonchev–Trinajstić information content (AvgIpc) is 3.27. The van der Waals surface area contributed by atoms with Gasteiger partial charge in [-0.15, -0.1) is 21.5 Å². The summed E-state index contributed by atoms with van der Waals surface area (Å²) in [6.45, 7) is 2.72. The van der Waals surface area contributed by atoms with Gasteiger partial charge in [0.05, 0.1) is 15.5 Å². The molecular weight excluding hydrogens is 390 g/mol. The quantitative estimate of drug-likeness (QED) is 0.441. The number of Topliss-reactive ketones (excluding diaryl/α,β-unsaturated/α-hetero) is 1. The van der Waals surface area contributed by atoms with Crippen LogP contribution in [0.3, 0.4) is 0 Å². The molecule has 0 atom stereocenters. The summed E-state index contributed by atoms with van der Waals surface area (Å²) in [6.07, 6.45) is 1.14. The lowest BCUT2D eigenvalue weighted by molar-refractivity contribution is 0.102. The van der Waals surface area contributed by atoms with Crippen LogP contribution in [0.2, 0.25) is 0 Å². The molecule has 0 bridgehead atoms. The molecule has 0 saturated carbocycles. The molecular formula is C17H17N3O3S3. The molecule has 9 heteroatoms. The molecule has 3 rings (SSSR count). The second-order valence-corrected chi connectivity index (χ2v) is 9.44. The molecule has 0 spiro atoms. The average molecular weight is 408 g/mol. The summed E-state index contributed by atoms with van der Waals surface area (Å²) >= 11 is 2.92. The first-order valence-electron chi connectivity index (χ1n) is 7.83. The van der Waals surface area contributed by atoms with Crippen molar-refractivity contribution in [3.8, 4) is 10.7 Å². The highest BCUT2D eigenvalue weighted by atomic mass is 32.2. The molecule has 3 aromatic rings. The largest absolute Gasteiger partial charge is 0.302 e. The van der Waals surface area contributed by atoms with E-state index in [-0.39, 0.29) is 16.4 Å². The summed E-state index contributed by atoms with van der Waals surface area (Å²) < 4.78 is 25.0. The van der Waals surface area contributed by atoms with Gasteiger partial charge in [0, 0.05) is 18.4 Å². The van der Waals surface area contributed by atoms with E-state index in [1.807, 2.05) is 29.0 Å². The minimum atomic E-state index is -3.27. The number of ketones is 1. The van der Waals surface area contributed by atoms with Crippen LogP contribution in [0.25, 0.3) is 10.7 Å². The normalized spacial score (nSPS) is 11.6. The fraction of sp³-hybridized carbons (Fsp3) is 0.235. The zero-order valence-electron chi connectivity index (χ0n) is 14.2. The maximum Gasteiger partial charge on any atom is 0.191 e. The minimum Gasteiger partial charge on any atom is -0.302 e. The van der Waals surface area contributed by atoms with E-state index < -0.39 is 9.84 Å². The zero-order valence-corrected chi connectivity index (χ0v) is 16.7. The van der Waals surface area contributed by atoms with Gasteiger partial charge in [0.2, 0.25) is 0 Å². The Morgan fingerprint density at radius 2 is 1.92 bits per heavy atom. The number of thioether (sulfide) groups is 1. The van der Waals surface area contributed by atoms with E-state index in [4.69, 9.17) is 0 Å². The molecule has 6 nitrogen and oxygen atoms in total. The Bertz CT molecular complexity index is 1010. The van der Waals surface area contributed by atoms with Crippen LogP contribution in [0, 0.1) is 0 Å². The fourth-order valence-corrected chi connectivity index (χ4v) is 4.61. The van der Waals surface area contributed by atoms with Crippen molar-refractivity contribution in [1.29, 1.82) is 0 Å². The minimum absolute atomic E-state index is 0.0848. The third-order valence-corrected chi connectivity index (χ3v) is 6.67. The van der Waals surface area contributed by atoms with Crippen molar-refractivity contribution in [2.24, 2.45) is 0 Å². The van der Waals surface area contributed by atoms with Crippen LogP contribution >= 0.6 is 23.1 Å². The number of hydrogen-bond acceptors (Lipinski definition) is 7. The van der Waals surface area contributed by atoms with Gasteiger partial charge in [-0.1, -0.05) is 30.0 Å². The maximum absolute atomic E-state index is 12.4. The highest BCUT2D eigenvalue weighted by Crippen LogP contribution is 2.27. The summed E-state index contributed by atoms with van der Waals surface area (Å²) in [7, 11) is -3.27. The Labute approximate surface area is 160 Å². The highest BCUT2D eigenvalue weighted by Gasteiger charge is 2.16. The van der Waals surface area contributed by atoms with Gasteiger partial charge in [-0.3, -0.25) is 4.79 Å². The van der Waals surface area contributed by atoms with Gasteiger partial charge in [0.15, 0.2) is 26.6 Å². The van der Waals surface area contributed by atoms with Gasteiger partial charge in [0.25, 0.3) is 0 Å². The second-order valence-electron chi connectivity index (χ2n) is 5.54. The van der Waals surface area contributed by atoms with E-state index in [1.165, 1.54) is 23.9 Å². The van der Waals surface area contributed by atoms with Crippen molar-refractivity contribution in [2.45, 2.75) is 23.5 Å². The lowest BCUT2D eigenvalue weighted by Crippen LogP contribution is -2.06. The number of carbonyl (C=O) groups is 1. The van der Waals surface area contributed by atoms with E-state index in [2.05, 4.69) is 10.2 Å². The maximum atomic E-state index is 12.4. The first-order valence-corrected chi connectivity index (χ1v) is 11.6. The molecule has 2 aromatic heterocycles. The van der Waals surface area contributed by atoms with Gasteiger partial charge in [-0.25, -0.2) is 8.42 Å². The molecule has 1 aromatic carbocycles. The second kappa shape index (κ2) is 7.73. The molecule has 26 heavy (non-hydrogen) atoms. The van der Waals surface area contributed by atoms with Crippen LogP contribution in [-0.4, -0.2) is 41.0 Å². The van der Waals surface area contributed by atoms with Gasteiger partial charge >= 0.3 is 0 Å². The SMILES string of the molecule is CCn1c(SCC(=O)c2ccc(S(C)(=O)=O)cc2)nnc1-c1cccs1. The monoisotopic (exact) mass is 407 g/mol. The molecule has 2 heterocycles. The van der Waals surface area contributed by atoms with E-state index in [0.717, 1.165) is 17.0 Å². The number of sulfone groups is 1. The highest BCUT2D eigenvalue weighted by molar-refractivity contribution is 7.99.